The maximum absolute atomic E-state index is 13.6. The van der Waals surface area contributed by atoms with Gasteiger partial charge in [-0.25, -0.2) is 8.78 Å². The summed E-state index contributed by atoms with van der Waals surface area (Å²) in [5.41, 5.74) is 0.330. The fourth-order valence-electron chi connectivity index (χ4n) is 2.49. The minimum absolute atomic E-state index is 0.0318. The quantitative estimate of drug-likeness (QED) is 0.923. The summed E-state index contributed by atoms with van der Waals surface area (Å²) in [6.07, 6.45) is 4.06. The maximum atomic E-state index is 13.6. The first-order chi connectivity index (χ1) is 9.58. The van der Waals surface area contributed by atoms with Crippen molar-refractivity contribution in [2.45, 2.75) is 38.3 Å². The fraction of sp³-hybridized carbons (Fsp3) is 0.533. The van der Waals surface area contributed by atoms with Crippen LogP contribution in [0.15, 0.2) is 18.2 Å². The number of nitrogens with one attached hydrogen (secondary N) is 1. The lowest BCUT2D eigenvalue weighted by molar-refractivity contribution is -0.132. The Morgan fingerprint density at radius 2 is 2.15 bits per heavy atom. The molecule has 1 aliphatic heterocycles. The molecule has 1 heterocycles. The molecule has 1 amide bonds. The van der Waals surface area contributed by atoms with Crippen LogP contribution in [0.2, 0.25) is 0 Å². The number of rotatable bonds is 3. The van der Waals surface area contributed by atoms with Gasteiger partial charge in [-0.3, -0.25) is 4.79 Å². The van der Waals surface area contributed by atoms with E-state index in [0.717, 1.165) is 38.3 Å². The van der Waals surface area contributed by atoms with Crippen molar-refractivity contribution in [1.82, 2.24) is 10.2 Å². The van der Waals surface area contributed by atoms with E-state index in [0.29, 0.717) is 5.56 Å². The average Bonchev–Trinajstić information content (AvgIpc) is 2.70. The Balaban J connectivity index is 1.99. The molecule has 1 aliphatic rings. The minimum atomic E-state index is -0.613. The summed E-state index contributed by atoms with van der Waals surface area (Å²) < 4.78 is 26.4. The lowest BCUT2D eigenvalue weighted by atomic mass is 10.1. The van der Waals surface area contributed by atoms with E-state index in [9.17, 15) is 13.6 Å². The van der Waals surface area contributed by atoms with Crippen LogP contribution in [0, 0.1) is 11.6 Å². The predicted molar refractivity (Wildman–Crippen MR) is 73.1 cm³/mol. The molecule has 0 spiro atoms. The third-order valence-corrected chi connectivity index (χ3v) is 3.66. The second-order valence-electron chi connectivity index (χ2n) is 5.29. The number of hydrogen-bond donors (Lipinski definition) is 1. The topological polar surface area (TPSA) is 32.3 Å². The SMILES string of the molecule is CN(Cc1ccc(F)cc1F)C(=O)C1CCCCCN1. The van der Waals surface area contributed by atoms with Crippen molar-refractivity contribution in [2.75, 3.05) is 13.6 Å². The van der Waals surface area contributed by atoms with Gasteiger partial charge < -0.3 is 10.2 Å². The average molecular weight is 282 g/mol. The molecule has 1 aromatic rings. The van der Waals surface area contributed by atoms with E-state index in [1.54, 1.807) is 7.05 Å². The van der Waals surface area contributed by atoms with Crippen LogP contribution in [0.1, 0.15) is 31.2 Å². The third kappa shape index (κ3) is 3.76. The number of carbonyl (C=O) groups excluding carboxylic acids is 1. The smallest absolute Gasteiger partial charge is 0.239 e. The van der Waals surface area contributed by atoms with Crippen LogP contribution in [0.5, 0.6) is 0 Å². The van der Waals surface area contributed by atoms with Crippen molar-refractivity contribution in [3.63, 3.8) is 0 Å². The van der Waals surface area contributed by atoms with E-state index < -0.39 is 11.6 Å². The van der Waals surface area contributed by atoms with E-state index in [-0.39, 0.29) is 18.5 Å². The molecule has 1 unspecified atom stereocenters. The predicted octanol–water partition coefficient (Wildman–Crippen LogP) is 2.46. The highest BCUT2D eigenvalue weighted by Crippen LogP contribution is 2.14. The van der Waals surface area contributed by atoms with Gasteiger partial charge in [0.2, 0.25) is 5.91 Å². The van der Waals surface area contributed by atoms with Crippen molar-refractivity contribution in [2.24, 2.45) is 0 Å². The summed E-state index contributed by atoms with van der Waals surface area (Å²) in [4.78, 5) is 13.8. The van der Waals surface area contributed by atoms with Gasteiger partial charge in [-0.1, -0.05) is 18.9 Å². The van der Waals surface area contributed by atoms with Crippen LogP contribution >= 0.6 is 0 Å². The van der Waals surface area contributed by atoms with Gasteiger partial charge in [-0.2, -0.15) is 0 Å². The zero-order valence-electron chi connectivity index (χ0n) is 11.7. The largest absolute Gasteiger partial charge is 0.340 e. The molecule has 0 bridgehead atoms. The number of nitrogens with zero attached hydrogens (tertiary/aromatic N) is 1. The van der Waals surface area contributed by atoms with Gasteiger partial charge >= 0.3 is 0 Å². The molecular formula is C15H20F2N2O. The van der Waals surface area contributed by atoms with Crippen molar-refractivity contribution < 1.29 is 13.6 Å². The molecule has 1 N–H and O–H groups in total. The van der Waals surface area contributed by atoms with Crippen LogP contribution in [0.25, 0.3) is 0 Å². The van der Waals surface area contributed by atoms with Crippen LogP contribution in [-0.2, 0) is 11.3 Å². The van der Waals surface area contributed by atoms with E-state index in [1.807, 2.05) is 0 Å². The lowest BCUT2D eigenvalue weighted by Crippen LogP contribution is -2.44. The number of benzene rings is 1. The highest BCUT2D eigenvalue weighted by atomic mass is 19.1. The van der Waals surface area contributed by atoms with Crippen LogP contribution in [0.4, 0.5) is 8.78 Å². The van der Waals surface area contributed by atoms with Gasteiger partial charge in [0.05, 0.1) is 6.04 Å². The van der Waals surface area contributed by atoms with Gasteiger partial charge in [0.15, 0.2) is 0 Å². The minimum Gasteiger partial charge on any atom is -0.340 e. The Hall–Kier alpha value is -1.49. The van der Waals surface area contributed by atoms with Gasteiger partial charge in [0.25, 0.3) is 0 Å². The molecule has 0 radical (unpaired) electrons. The lowest BCUT2D eigenvalue weighted by Gasteiger charge is -2.23. The first-order valence-corrected chi connectivity index (χ1v) is 7.00. The zero-order valence-corrected chi connectivity index (χ0v) is 11.7. The standard InChI is InChI=1S/C15H20F2N2O/c1-19(10-11-6-7-12(16)9-13(11)17)15(20)14-5-3-2-4-8-18-14/h6-7,9,14,18H,2-5,8,10H2,1H3. The van der Waals surface area contributed by atoms with E-state index in [2.05, 4.69) is 5.32 Å². The zero-order chi connectivity index (χ0) is 14.5. The van der Waals surface area contributed by atoms with Gasteiger partial charge in [-0.05, 0) is 25.5 Å². The third-order valence-electron chi connectivity index (χ3n) is 3.66. The van der Waals surface area contributed by atoms with Crippen molar-refractivity contribution in [3.05, 3.63) is 35.4 Å². The van der Waals surface area contributed by atoms with Crippen LogP contribution in [0.3, 0.4) is 0 Å². The van der Waals surface area contributed by atoms with E-state index in [1.165, 1.54) is 17.0 Å². The van der Waals surface area contributed by atoms with Crippen LogP contribution < -0.4 is 5.32 Å². The Morgan fingerprint density at radius 3 is 2.90 bits per heavy atom. The number of halogens is 2. The number of carbonyl (C=O) groups is 1. The molecule has 2 rings (SSSR count). The van der Waals surface area contributed by atoms with E-state index >= 15 is 0 Å². The number of hydrogen-bond acceptors (Lipinski definition) is 2. The second-order valence-corrected chi connectivity index (χ2v) is 5.29. The number of amides is 1. The van der Waals surface area contributed by atoms with Gasteiger partial charge in [0, 0.05) is 25.2 Å². The first-order valence-electron chi connectivity index (χ1n) is 7.00. The Bertz CT molecular complexity index is 471. The molecule has 0 aromatic heterocycles. The molecule has 110 valence electrons. The molecule has 5 heteroatoms. The van der Waals surface area contributed by atoms with E-state index in [4.69, 9.17) is 0 Å². The molecule has 1 saturated heterocycles. The molecular weight excluding hydrogens is 262 g/mol. The van der Waals surface area contributed by atoms with Crippen LogP contribution in [-0.4, -0.2) is 30.4 Å². The Morgan fingerprint density at radius 1 is 1.35 bits per heavy atom. The normalized spacial score (nSPS) is 19.4. The second kappa shape index (κ2) is 6.79. The van der Waals surface area contributed by atoms with Gasteiger partial charge in [-0.15, -0.1) is 0 Å². The molecule has 0 saturated carbocycles. The van der Waals surface area contributed by atoms with Crippen molar-refractivity contribution >= 4 is 5.91 Å². The molecule has 20 heavy (non-hydrogen) atoms. The fourth-order valence-corrected chi connectivity index (χ4v) is 2.49. The summed E-state index contributed by atoms with van der Waals surface area (Å²) in [7, 11) is 1.65. The summed E-state index contributed by atoms with van der Waals surface area (Å²) in [6, 6.07) is 3.25. The first kappa shape index (κ1) is 14.9. The van der Waals surface area contributed by atoms with Gasteiger partial charge in [0.1, 0.15) is 11.6 Å². The molecule has 1 atom stereocenters. The molecule has 3 nitrogen and oxygen atoms in total. The summed E-state index contributed by atoms with van der Waals surface area (Å²) >= 11 is 0. The Labute approximate surface area is 118 Å². The number of likely N-dealkylation sites (N-methyl/N-ethyl adjacent to an activating group) is 1. The highest BCUT2D eigenvalue weighted by Gasteiger charge is 2.23. The summed E-state index contributed by atoms with van der Waals surface area (Å²) in [5, 5.41) is 3.23. The van der Waals surface area contributed by atoms with Crippen molar-refractivity contribution in [1.29, 1.82) is 0 Å². The highest BCUT2D eigenvalue weighted by molar-refractivity contribution is 5.81. The molecule has 0 aliphatic carbocycles. The maximum Gasteiger partial charge on any atom is 0.239 e. The summed E-state index contributed by atoms with van der Waals surface area (Å²) in [5.74, 6) is -1.25. The molecule has 1 aromatic carbocycles. The molecule has 1 fully saturated rings. The monoisotopic (exact) mass is 282 g/mol. The summed E-state index contributed by atoms with van der Waals surface area (Å²) in [6.45, 7) is 0.998. The van der Waals surface area contributed by atoms with Crippen molar-refractivity contribution in [3.8, 4) is 0 Å². The Kier molecular flexibility index (Phi) is 5.06.